The van der Waals surface area contributed by atoms with Crippen LogP contribution in [-0.2, 0) is 9.53 Å². The monoisotopic (exact) mass is 368 g/mol. The third-order valence-electron chi connectivity index (χ3n) is 3.66. The van der Waals surface area contributed by atoms with E-state index in [1.807, 2.05) is 31.2 Å². The lowest BCUT2D eigenvalue weighted by Gasteiger charge is -2.06. The lowest BCUT2D eigenvalue weighted by atomic mass is 10.1. The van der Waals surface area contributed by atoms with Gasteiger partial charge in [0, 0.05) is 16.7 Å². The smallest absolute Gasteiger partial charge is 0.331 e. The minimum absolute atomic E-state index is 0.244. The largest absolute Gasteiger partial charge is 0.449 e. The van der Waals surface area contributed by atoms with Crippen molar-refractivity contribution >= 4 is 23.6 Å². The molecule has 1 atom stereocenters. The molecule has 2 aromatic carbocycles. The van der Waals surface area contributed by atoms with E-state index in [0.29, 0.717) is 10.9 Å². The highest BCUT2D eigenvalue weighted by Gasteiger charge is 2.18. The van der Waals surface area contributed by atoms with Crippen molar-refractivity contribution in [3.05, 3.63) is 76.6 Å². The molecule has 3 rings (SSSR count). The quantitative estimate of drug-likeness (QED) is 0.467. The van der Waals surface area contributed by atoms with Crippen LogP contribution in [-0.4, -0.2) is 16.2 Å². The Labute approximate surface area is 156 Å². The molecule has 0 amide bonds. The third kappa shape index (κ3) is 4.58. The van der Waals surface area contributed by atoms with E-state index in [2.05, 4.69) is 10.2 Å². The molecule has 3 aromatic rings. The SMILES string of the molecule is Cc1ccc(-c2nnc(C(C)OC(=O)/C=C/c3ccc(Cl)cc3)o2)cc1. The van der Waals surface area contributed by atoms with E-state index in [9.17, 15) is 4.79 Å². The van der Waals surface area contributed by atoms with Crippen LogP contribution in [0.1, 0.15) is 30.0 Å². The van der Waals surface area contributed by atoms with Gasteiger partial charge in [0.25, 0.3) is 5.89 Å². The normalized spacial score (nSPS) is 12.3. The fourth-order valence-electron chi connectivity index (χ4n) is 2.21. The highest BCUT2D eigenvalue weighted by atomic mass is 35.5. The molecule has 0 N–H and O–H groups in total. The van der Waals surface area contributed by atoms with Crippen molar-refractivity contribution in [2.75, 3.05) is 0 Å². The van der Waals surface area contributed by atoms with E-state index in [-0.39, 0.29) is 5.89 Å². The highest BCUT2D eigenvalue weighted by molar-refractivity contribution is 6.30. The summed E-state index contributed by atoms with van der Waals surface area (Å²) >= 11 is 5.83. The number of hydrogen-bond acceptors (Lipinski definition) is 5. The number of benzene rings is 2. The number of carbonyl (C=O) groups is 1. The Balaban J connectivity index is 1.62. The average molecular weight is 369 g/mol. The number of esters is 1. The van der Waals surface area contributed by atoms with E-state index >= 15 is 0 Å². The summed E-state index contributed by atoms with van der Waals surface area (Å²) < 4.78 is 10.9. The number of aromatic nitrogens is 2. The molecule has 1 aromatic heterocycles. The van der Waals surface area contributed by atoms with Gasteiger partial charge >= 0.3 is 5.97 Å². The molecule has 0 aliphatic rings. The summed E-state index contributed by atoms with van der Waals surface area (Å²) in [6, 6.07) is 14.8. The molecule has 0 spiro atoms. The van der Waals surface area contributed by atoms with Crippen molar-refractivity contribution in [3.63, 3.8) is 0 Å². The maximum Gasteiger partial charge on any atom is 0.331 e. The van der Waals surface area contributed by atoms with Crippen LogP contribution in [0.25, 0.3) is 17.5 Å². The molecular weight excluding hydrogens is 352 g/mol. The summed E-state index contributed by atoms with van der Waals surface area (Å²) in [5.74, 6) is 0.135. The Morgan fingerprint density at radius 3 is 2.50 bits per heavy atom. The lowest BCUT2D eigenvalue weighted by Crippen LogP contribution is -2.06. The van der Waals surface area contributed by atoms with Gasteiger partial charge in [-0.05, 0) is 49.8 Å². The number of ether oxygens (including phenoxy) is 1. The Morgan fingerprint density at radius 1 is 1.12 bits per heavy atom. The van der Waals surface area contributed by atoms with E-state index in [4.69, 9.17) is 20.8 Å². The molecule has 0 aliphatic carbocycles. The molecule has 1 heterocycles. The summed E-state index contributed by atoms with van der Waals surface area (Å²) in [5, 5.41) is 8.61. The first-order valence-corrected chi connectivity index (χ1v) is 8.44. The van der Waals surface area contributed by atoms with Gasteiger partial charge in [0.05, 0.1) is 0 Å². The minimum atomic E-state index is -0.649. The van der Waals surface area contributed by atoms with Crippen LogP contribution >= 0.6 is 11.6 Å². The Kier molecular flexibility index (Phi) is 5.49. The zero-order valence-electron chi connectivity index (χ0n) is 14.3. The molecule has 0 saturated heterocycles. The first kappa shape index (κ1) is 17.9. The number of aryl methyl sites for hydroxylation is 1. The number of rotatable bonds is 5. The molecule has 0 saturated carbocycles. The second-order valence-corrected chi connectivity index (χ2v) is 6.21. The predicted molar refractivity (Wildman–Crippen MR) is 99.5 cm³/mol. The maximum atomic E-state index is 12.0. The van der Waals surface area contributed by atoms with Gasteiger partial charge in [-0.15, -0.1) is 10.2 Å². The molecule has 5 nitrogen and oxygen atoms in total. The average Bonchev–Trinajstić information content (AvgIpc) is 3.12. The van der Waals surface area contributed by atoms with Crippen LogP contribution in [0, 0.1) is 6.92 Å². The fraction of sp³-hybridized carbons (Fsp3) is 0.150. The maximum absolute atomic E-state index is 12.0. The Hall–Kier alpha value is -2.92. The van der Waals surface area contributed by atoms with Gasteiger partial charge in [0.2, 0.25) is 5.89 Å². The number of nitrogens with zero attached hydrogens (tertiary/aromatic N) is 2. The van der Waals surface area contributed by atoms with Crippen LogP contribution in [0.4, 0.5) is 0 Å². The summed E-state index contributed by atoms with van der Waals surface area (Å²) in [6.45, 7) is 3.68. The molecule has 6 heteroatoms. The molecule has 0 bridgehead atoms. The van der Waals surface area contributed by atoms with Crippen LogP contribution in [0.5, 0.6) is 0 Å². The molecule has 132 valence electrons. The van der Waals surface area contributed by atoms with Gasteiger partial charge in [-0.25, -0.2) is 4.79 Å². The second-order valence-electron chi connectivity index (χ2n) is 5.78. The van der Waals surface area contributed by atoms with Crippen LogP contribution in [0.3, 0.4) is 0 Å². The molecule has 0 fully saturated rings. The second kappa shape index (κ2) is 7.97. The van der Waals surface area contributed by atoms with Crippen molar-refractivity contribution in [2.45, 2.75) is 20.0 Å². The number of halogens is 1. The molecular formula is C20H17ClN2O3. The zero-order chi connectivity index (χ0) is 18.5. The standard InChI is InChI=1S/C20H17ClN2O3/c1-13-3-8-16(9-4-13)20-23-22-19(26-20)14(2)25-18(24)12-7-15-5-10-17(21)11-6-15/h3-12,14H,1-2H3/b12-7+. The first-order valence-electron chi connectivity index (χ1n) is 8.06. The fourth-order valence-corrected chi connectivity index (χ4v) is 2.34. The summed E-state index contributed by atoms with van der Waals surface area (Å²) in [6.07, 6.45) is 2.34. The van der Waals surface area contributed by atoms with Crippen LogP contribution < -0.4 is 0 Å². The Bertz CT molecular complexity index is 915. The van der Waals surface area contributed by atoms with Gasteiger partial charge in [-0.3, -0.25) is 0 Å². The van der Waals surface area contributed by atoms with Crippen molar-refractivity contribution in [1.29, 1.82) is 0 Å². The van der Waals surface area contributed by atoms with E-state index in [1.54, 1.807) is 37.3 Å². The first-order chi connectivity index (χ1) is 12.5. The van der Waals surface area contributed by atoms with Crippen molar-refractivity contribution in [1.82, 2.24) is 10.2 Å². The molecule has 0 radical (unpaired) electrons. The number of hydrogen-bond donors (Lipinski definition) is 0. The summed E-state index contributed by atoms with van der Waals surface area (Å²) in [7, 11) is 0. The van der Waals surface area contributed by atoms with Crippen molar-refractivity contribution < 1.29 is 13.9 Å². The molecule has 0 aliphatic heterocycles. The Morgan fingerprint density at radius 2 is 1.81 bits per heavy atom. The van der Waals surface area contributed by atoms with Crippen molar-refractivity contribution in [3.8, 4) is 11.5 Å². The van der Waals surface area contributed by atoms with Gasteiger partial charge in [0.15, 0.2) is 6.10 Å². The minimum Gasteiger partial charge on any atom is -0.449 e. The summed E-state index contributed by atoms with van der Waals surface area (Å²) in [4.78, 5) is 12.0. The third-order valence-corrected chi connectivity index (χ3v) is 3.91. The zero-order valence-corrected chi connectivity index (χ0v) is 15.1. The lowest BCUT2D eigenvalue weighted by molar-refractivity contribution is -0.143. The van der Waals surface area contributed by atoms with Gasteiger partial charge < -0.3 is 9.15 Å². The van der Waals surface area contributed by atoms with E-state index < -0.39 is 12.1 Å². The predicted octanol–water partition coefficient (Wildman–Crippen LogP) is 5.02. The summed E-state index contributed by atoms with van der Waals surface area (Å²) in [5.41, 5.74) is 2.80. The van der Waals surface area contributed by atoms with Crippen molar-refractivity contribution in [2.24, 2.45) is 0 Å². The topological polar surface area (TPSA) is 65.2 Å². The van der Waals surface area contributed by atoms with E-state index in [0.717, 1.165) is 16.7 Å². The van der Waals surface area contributed by atoms with E-state index in [1.165, 1.54) is 6.08 Å². The van der Waals surface area contributed by atoms with Crippen LogP contribution in [0.2, 0.25) is 5.02 Å². The molecule has 1 unspecified atom stereocenters. The van der Waals surface area contributed by atoms with Gasteiger partial charge in [0.1, 0.15) is 0 Å². The van der Waals surface area contributed by atoms with Gasteiger partial charge in [-0.1, -0.05) is 41.4 Å². The van der Waals surface area contributed by atoms with Gasteiger partial charge in [-0.2, -0.15) is 0 Å². The highest BCUT2D eigenvalue weighted by Crippen LogP contribution is 2.22. The van der Waals surface area contributed by atoms with Crippen LogP contribution in [0.15, 0.2) is 59.0 Å². The number of carbonyl (C=O) groups excluding carboxylic acids is 1. The molecule has 26 heavy (non-hydrogen) atoms.